The van der Waals surface area contributed by atoms with Crippen LogP contribution in [0.1, 0.15) is 16.8 Å². The summed E-state index contributed by atoms with van der Waals surface area (Å²) in [5.41, 5.74) is -0.703. The summed E-state index contributed by atoms with van der Waals surface area (Å²) in [6.07, 6.45) is 0.169. The van der Waals surface area contributed by atoms with Crippen LogP contribution in [0.3, 0.4) is 0 Å². The zero-order valence-corrected chi connectivity index (χ0v) is 11.1. The predicted molar refractivity (Wildman–Crippen MR) is 71.6 cm³/mol. The summed E-state index contributed by atoms with van der Waals surface area (Å²) < 4.78 is 13.5. The van der Waals surface area contributed by atoms with Gasteiger partial charge in [-0.05, 0) is 12.1 Å². The van der Waals surface area contributed by atoms with Gasteiger partial charge in [-0.2, -0.15) is 0 Å². The first-order valence-electron chi connectivity index (χ1n) is 6.33. The molecule has 3 N–H and O–H groups in total. The summed E-state index contributed by atoms with van der Waals surface area (Å²) >= 11 is 0. The molecule has 0 bridgehead atoms. The molecule has 21 heavy (non-hydrogen) atoms. The topological polar surface area (TPSA) is 98.7 Å². The largest absolute Gasteiger partial charge is 0.478 e. The highest BCUT2D eigenvalue weighted by Crippen LogP contribution is 2.19. The number of nitrogens with one attached hydrogen (secondary N) is 2. The number of halogens is 1. The van der Waals surface area contributed by atoms with E-state index in [1.165, 1.54) is 17.0 Å². The molecule has 1 saturated heterocycles. The van der Waals surface area contributed by atoms with Crippen LogP contribution in [0.4, 0.5) is 14.9 Å². The Morgan fingerprint density at radius 3 is 2.81 bits per heavy atom. The summed E-state index contributed by atoms with van der Waals surface area (Å²) in [6.45, 7) is 0.839. The number of nitrogens with zero attached hydrogens (tertiary/aromatic N) is 1. The number of carbonyl (C=O) groups excluding carboxylic acids is 2. The van der Waals surface area contributed by atoms with Gasteiger partial charge in [0.05, 0.1) is 5.69 Å². The Morgan fingerprint density at radius 1 is 1.33 bits per heavy atom. The minimum atomic E-state index is -1.46. The van der Waals surface area contributed by atoms with Gasteiger partial charge in [-0.3, -0.25) is 4.79 Å². The molecule has 8 heteroatoms. The number of anilines is 1. The molecular weight excluding hydrogens is 281 g/mol. The highest BCUT2D eigenvalue weighted by atomic mass is 19.1. The first-order valence-corrected chi connectivity index (χ1v) is 6.33. The van der Waals surface area contributed by atoms with Gasteiger partial charge in [0.15, 0.2) is 0 Å². The molecule has 1 aliphatic rings. The van der Waals surface area contributed by atoms with Gasteiger partial charge in [-0.15, -0.1) is 0 Å². The second-order valence-electron chi connectivity index (χ2n) is 4.48. The van der Waals surface area contributed by atoms with Crippen LogP contribution < -0.4 is 10.6 Å². The molecule has 1 aliphatic heterocycles. The average Bonchev–Trinajstić information content (AvgIpc) is 2.63. The van der Waals surface area contributed by atoms with E-state index >= 15 is 0 Å². The zero-order valence-electron chi connectivity index (χ0n) is 11.1. The van der Waals surface area contributed by atoms with Gasteiger partial charge in [-0.25, -0.2) is 14.0 Å². The smallest absolute Gasteiger partial charge is 0.340 e. The molecule has 1 heterocycles. The van der Waals surface area contributed by atoms with Crippen molar-refractivity contribution in [2.75, 3.05) is 25.0 Å². The van der Waals surface area contributed by atoms with Crippen LogP contribution in [0.25, 0.3) is 0 Å². The number of hydrogen-bond donors (Lipinski definition) is 3. The molecule has 1 aromatic rings. The van der Waals surface area contributed by atoms with Crippen LogP contribution in [0.2, 0.25) is 0 Å². The van der Waals surface area contributed by atoms with Gasteiger partial charge >= 0.3 is 12.0 Å². The number of amides is 3. The minimum absolute atomic E-state index is 0.115. The molecule has 1 fully saturated rings. The van der Waals surface area contributed by atoms with Crippen molar-refractivity contribution in [2.45, 2.75) is 6.42 Å². The Hall–Kier alpha value is -2.64. The van der Waals surface area contributed by atoms with E-state index in [0.717, 1.165) is 6.07 Å². The number of carboxylic acid groups (broad SMARTS) is 1. The Labute approximate surface area is 119 Å². The third kappa shape index (κ3) is 3.47. The van der Waals surface area contributed by atoms with Crippen LogP contribution in [-0.4, -0.2) is 47.5 Å². The lowest BCUT2D eigenvalue weighted by atomic mass is 10.1. The number of aromatic carboxylic acids is 1. The normalized spacial score (nSPS) is 15.1. The van der Waals surface area contributed by atoms with E-state index < -0.39 is 23.4 Å². The number of urea groups is 1. The summed E-state index contributed by atoms with van der Waals surface area (Å²) in [5, 5.41) is 14.0. The van der Waals surface area contributed by atoms with Gasteiger partial charge in [0, 0.05) is 26.1 Å². The van der Waals surface area contributed by atoms with Gasteiger partial charge in [0.1, 0.15) is 11.4 Å². The fourth-order valence-electron chi connectivity index (χ4n) is 2.01. The monoisotopic (exact) mass is 295 g/mol. The first kappa shape index (κ1) is 14.8. The lowest BCUT2D eigenvalue weighted by Crippen LogP contribution is -2.37. The average molecular weight is 295 g/mol. The molecule has 2 rings (SSSR count). The zero-order chi connectivity index (χ0) is 15.4. The number of benzene rings is 1. The van der Waals surface area contributed by atoms with Crippen molar-refractivity contribution in [1.82, 2.24) is 10.2 Å². The molecule has 0 atom stereocenters. The molecule has 0 aromatic heterocycles. The van der Waals surface area contributed by atoms with Crippen molar-refractivity contribution in [3.05, 3.63) is 29.6 Å². The van der Waals surface area contributed by atoms with E-state index in [1.807, 2.05) is 0 Å². The third-order valence-corrected chi connectivity index (χ3v) is 3.07. The van der Waals surface area contributed by atoms with Crippen LogP contribution >= 0.6 is 0 Å². The Balaban J connectivity index is 2.14. The maximum Gasteiger partial charge on any atom is 0.340 e. The number of carboxylic acids is 1. The quantitative estimate of drug-likeness (QED) is 0.754. The van der Waals surface area contributed by atoms with E-state index in [9.17, 15) is 18.8 Å². The third-order valence-electron chi connectivity index (χ3n) is 3.07. The van der Waals surface area contributed by atoms with E-state index in [0.29, 0.717) is 13.1 Å². The molecule has 0 unspecified atom stereocenters. The van der Waals surface area contributed by atoms with Gasteiger partial charge in [0.25, 0.3) is 0 Å². The predicted octanol–water partition coefficient (Wildman–Crippen LogP) is 0.878. The summed E-state index contributed by atoms with van der Waals surface area (Å²) in [7, 11) is 0. The van der Waals surface area contributed by atoms with Gasteiger partial charge < -0.3 is 20.6 Å². The molecule has 0 saturated carbocycles. The minimum Gasteiger partial charge on any atom is -0.478 e. The van der Waals surface area contributed by atoms with Gasteiger partial charge in [-0.1, -0.05) is 6.07 Å². The second kappa shape index (κ2) is 6.21. The molecule has 112 valence electrons. The van der Waals surface area contributed by atoms with Crippen molar-refractivity contribution in [1.29, 1.82) is 0 Å². The van der Waals surface area contributed by atoms with Crippen molar-refractivity contribution in [2.24, 2.45) is 0 Å². The number of carbonyl (C=O) groups is 3. The molecule has 0 radical (unpaired) electrons. The molecular formula is C13H14FN3O4. The van der Waals surface area contributed by atoms with Crippen molar-refractivity contribution in [3.63, 3.8) is 0 Å². The Kier molecular flexibility index (Phi) is 4.36. The summed E-state index contributed by atoms with van der Waals surface area (Å²) in [4.78, 5) is 35.7. The fourth-order valence-corrected chi connectivity index (χ4v) is 2.01. The lowest BCUT2D eigenvalue weighted by Gasteiger charge is -2.20. The fraction of sp³-hybridized carbons (Fsp3) is 0.308. The standard InChI is InChI=1S/C13H14FN3O4/c14-8-2-1-3-9(11(8)12(19)20)16-13(21)17-6-4-10(18)15-5-7-17/h1-3H,4-7H2,(H,15,18)(H,16,21)(H,19,20). The van der Waals surface area contributed by atoms with Crippen LogP contribution in [0.5, 0.6) is 0 Å². The Bertz CT molecular complexity index is 591. The number of hydrogen-bond acceptors (Lipinski definition) is 3. The molecule has 1 aromatic carbocycles. The van der Waals surface area contributed by atoms with Crippen molar-refractivity contribution in [3.8, 4) is 0 Å². The molecule has 7 nitrogen and oxygen atoms in total. The number of rotatable bonds is 2. The highest BCUT2D eigenvalue weighted by molar-refractivity contribution is 6.00. The first-order chi connectivity index (χ1) is 9.99. The molecule has 0 spiro atoms. The maximum absolute atomic E-state index is 13.5. The van der Waals surface area contributed by atoms with Crippen LogP contribution in [0, 0.1) is 5.82 Å². The second-order valence-corrected chi connectivity index (χ2v) is 4.48. The lowest BCUT2D eigenvalue weighted by molar-refractivity contribution is -0.120. The van der Waals surface area contributed by atoms with E-state index in [4.69, 9.17) is 5.11 Å². The summed E-state index contributed by atoms with van der Waals surface area (Å²) in [5.74, 6) is -2.54. The molecule has 3 amide bonds. The van der Waals surface area contributed by atoms with E-state index in [2.05, 4.69) is 10.6 Å². The highest BCUT2D eigenvalue weighted by Gasteiger charge is 2.22. The molecule has 0 aliphatic carbocycles. The van der Waals surface area contributed by atoms with E-state index in [1.54, 1.807) is 0 Å². The van der Waals surface area contributed by atoms with Crippen molar-refractivity contribution >= 4 is 23.6 Å². The van der Waals surface area contributed by atoms with Crippen molar-refractivity contribution < 1.29 is 23.9 Å². The van der Waals surface area contributed by atoms with Crippen LogP contribution in [0.15, 0.2) is 18.2 Å². The Morgan fingerprint density at radius 2 is 2.10 bits per heavy atom. The maximum atomic E-state index is 13.5. The van der Waals surface area contributed by atoms with Gasteiger partial charge in [0.2, 0.25) is 5.91 Å². The SMILES string of the molecule is O=C1CCN(C(=O)Nc2cccc(F)c2C(=O)O)CCN1. The van der Waals surface area contributed by atoms with E-state index in [-0.39, 0.29) is 24.6 Å². The summed E-state index contributed by atoms with van der Waals surface area (Å²) in [6, 6.07) is 3.06. The van der Waals surface area contributed by atoms with Crippen LogP contribution in [-0.2, 0) is 4.79 Å².